The van der Waals surface area contributed by atoms with E-state index in [0.29, 0.717) is 12.2 Å². The molecule has 1 aliphatic carbocycles. The maximum absolute atomic E-state index is 12.4. The fourth-order valence-corrected chi connectivity index (χ4v) is 3.16. The van der Waals surface area contributed by atoms with Gasteiger partial charge in [-0.3, -0.25) is 4.79 Å². The highest BCUT2D eigenvalue weighted by Gasteiger charge is 2.34. The van der Waals surface area contributed by atoms with Crippen molar-refractivity contribution in [2.24, 2.45) is 5.41 Å². The first kappa shape index (κ1) is 11.5. The molecule has 0 saturated heterocycles. The van der Waals surface area contributed by atoms with Crippen LogP contribution in [-0.4, -0.2) is 10.8 Å². The van der Waals surface area contributed by atoms with Gasteiger partial charge in [0, 0.05) is 28.6 Å². The number of rotatable bonds is 0. The molecule has 0 aliphatic heterocycles. The van der Waals surface area contributed by atoms with Crippen LogP contribution in [0.1, 0.15) is 47.4 Å². The Morgan fingerprint density at radius 1 is 1.11 bits per heavy atom. The maximum atomic E-state index is 12.4. The molecule has 0 spiro atoms. The zero-order valence-electron chi connectivity index (χ0n) is 11.5. The van der Waals surface area contributed by atoms with Gasteiger partial charge in [0.25, 0.3) is 0 Å². The molecule has 18 heavy (non-hydrogen) atoms. The third-order valence-electron chi connectivity index (χ3n) is 4.02. The molecule has 2 aromatic rings. The van der Waals surface area contributed by atoms with Crippen LogP contribution in [0.15, 0.2) is 12.1 Å². The lowest BCUT2D eigenvalue weighted by Gasteiger charge is -2.28. The Kier molecular flexibility index (Phi) is 2.22. The molecule has 0 atom stereocenters. The van der Waals surface area contributed by atoms with Gasteiger partial charge < -0.3 is 4.98 Å². The average Bonchev–Trinajstić information content (AvgIpc) is 2.62. The van der Waals surface area contributed by atoms with E-state index in [1.54, 1.807) is 0 Å². The largest absolute Gasteiger partial charge is 0.358 e. The number of carbonyl (C=O) groups is 1. The van der Waals surface area contributed by atoms with E-state index in [2.05, 4.69) is 44.8 Å². The minimum Gasteiger partial charge on any atom is -0.358 e. The van der Waals surface area contributed by atoms with E-state index < -0.39 is 0 Å². The van der Waals surface area contributed by atoms with Crippen molar-refractivity contribution >= 4 is 16.7 Å². The SMILES string of the molecule is Cc1ccc(C)c2c3c([nH]c12)CC(C)(C)CC3=O. The number of ketones is 1. The smallest absolute Gasteiger partial charge is 0.165 e. The van der Waals surface area contributed by atoms with Crippen molar-refractivity contribution in [3.05, 3.63) is 34.5 Å². The van der Waals surface area contributed by atoms with Crippen LogP contribution < -0.4 is 0 Å². The first-order valence-electron chi connectivity index (χ1n) is 6.53. The number of aryl methyl sites for hydroxylation is 2. The highest BCUT2D eigenvalue weighted by molar-refractivity contribution is 6.11. The minimum absolute atomic E-state index is 0.0762. The lowest BCUT2D eigenvalue weighted by Crippen LogP contribution is -2.26. The van der Waals surface area contributed by atoms with Gasteiger partial charge in [0.1, 0.15) is 0 Å². The van der Waals surface area contributed by atoms with Crippen molar-refractivity contribution in [2.45, 2.75) is 40.5 Å². The van der Waals surface area contributed by atoms with Crippen LogP contribution in [0.2, 0.25) is 0 Å². The molecular formula is C16H19NO. The third-order valence-corrected chi connectivity index (χ3v) is 4.02. The molecule has 0 amide bonds. The van der Waals surface area contributed by atoms with Crippen molar-refractivity contribution in [3.63, 3.8) is 0 Å². The standard InChI is InChI=1S/C16H19NO/c1-9-5-6-10(2)15-13(9)14-11(17-15)7-16(3,4)8-12(14)18/h5-6,17H,7-8H2,1-4H3. The fourth-order valence-electron chi connectivity index (χ4n) is 3.16. The van der Waals surface area contributed by atoms with Crippen molar-refractivity contribution in [1.82, 2.24) is 4.98 Å². The molecule has 3 rings (SSSR count). The Hall–Kier alpha value is -1.57. The molecule has 1 aliphatic rings. The van der Waals surface area contributed by atoms with Crippen LogP contribution in [-0.2, 0) is 6.42 Å². The summed E-state index contributed by atoms with van der Waals surface area (Å²) in [5.74, 6) is 0.293. The van der Waals surface area contributed by atoms with Gasteiger partial charge in [-0.2, -0.15) is 0 Å². The minimum atomic E-state index is 0.0762. The summed E-state index contributed by atoms with van der Waals surface area (Å²) in [6.07, 6.45) is 1.61. The van der Waals surface area contributed by atoms with Crippen LogP contribution in [0.25, 0.3) is 10.9 Å². The van der Waals surface area contributed by atoms with Gasteiger partial charge in [-0.1, -0.05) is 26.0 Å². The Labute approximate surface area is 107 Å². The zero-order chi connectivity index (χ0) is 13.1. The van der Waals surface area contributed by atoms with Crippen molar-refractivity contribution in [1.29, 1.82) is 0 Å². The molecule has 1 heterocycles. The van der Waals surface area contributed by atoms with Crippen LogP contribution >= 0.6 is 0 Å². The number of aromatic amines is 1. The topological polar surface area (TPSA) is 32.9 Å². The number of benzene rings is 1. The van der Waals surface area contributed by atoms with Gasteiger partial charge in [-0.25, -0.2) is 0 Å². The van der Waals surface area contributed by atoms with E-state index in [4.69, 9.17) is 0 Å². The number of carbonyl (C=O) groups excluding carboxylic acids is 1. The first-order chi connectivity index (χ1) is 8.39. The zero-order valence-corrected chi connectivity index (χ0v) is 11.5. The molecule has 0 bridgehead atoms. The summed E-state index contributed by atoms with van der Waals surface area (Å²) in [5, 5.41) is 1.14. The first-order valence-corrected chi connectivity index (χ1v) is 6.53. The van der Waals surface area contributed by atoms with Gasteiger partial charge >= 0.3 is 0 Å². The molecule has 0 fully saturated rings. The number of H-pyrrole nitrogens is 1. The highest BCUT2D eigenvalue weighted by Crippen LogP contribution is 2.39. The number of Topliss-reactive ketones (excluding diaryl/α,β-unsaturated/α-hetero) is 1. The van der Waals surface area contributed by atoms with Crippen LogP contribution in [0, 0.1) is 19.3 Å². The lowest BCUT2D eigenvalue weighted by atomic mass is 9.75. The second-order valence-corrected chi connectivity index (χ2v) is 6.37. The molecule has 1 N–H and O–H groups in total. The van der Waals surface area contributed by atoms with Gasteiger partial charge in [0.05, 0.1) is 0 Å². The quantitative estimate of drug-likeness (QED) is 0.744. The number of nitrogens with one attached hydrogen (secondary N) is 1. The van der Waals surface area contributed by atoms with Crippen molar-refractivity contribution in [3.8, 4) is 0 Å². The van der Waals surface area contributed by atoms with Crippen molar-refractivity contribution in [2.75, 3.05) is 0 Å². The molecule has 0 unspecified atom stereocenters. The number of hydrogen-bond donors (Lipinski definition) is 1. The summed E-state index contributed by atoms with van der Waals surface area (Å²) in [5.41, 5.74) is 5.71. The summed E-state index contributed by atoms with van der Waals surface area (Å²) >= 11 is 0. The molecule has 94 valence electrons. The number of aromatic nitrogens is 1. The average molecular weight is 241 g/mol. The van der Waals surface area contributed by atoms with Gasteiger partial charge in [0.2, 0.25) is 0 Å². The molecule has 0 saturated carbocycles. The van der Waals surface area contributed by atoms with E-state index in [-0.39, 0.29) is 5.41 Å². The Bertz CT molecular complexity index is 661. The predicted molar refractivity (Wildman–Crippen MR) is 74.2 cm³/mol. The number of hydrogen-bond acceptors (Lipinski definition) is 1. The molecule has 1 aromatic heterocycles. The van der Waals surface area contributed by atoms with Crippen LogP contribution in [0.5, 0.6) is 0 Å². The maximum Gasteiger partial charge on any atom is 0.165 e. The van der Waals surface area contributed by atoms with E-state index in [1.165, 1.54) is 11.1 Å². The van der Waals surface area contributed by atoms with Gasteiger partial charge in [-0.15, -0.1) is 0 Å². The molecule has 0 radical (unpaired) electrons. The lowest BCUT2D eigenvalue weighted by molar-refractivity contribution is 0.0913. The second kappa shape index (κ2) is 3.47. The fraction of sp³-hybridized carbons (Fsp3) is 0.438. The Balaban J connectivity index is 2.37. The highest BCUT2D eigenvalue weighted by atomic mass is 16.1. The third kappa shape index (κ3) is 1.52. The molecular weight excluding hydrogens is 222 g/mol. The normalized spacial score (nSPS) is 18.1. The van der Waals surface area contributed by atoms with E-state index >= 15 is 0 Å². The van der Waals surface area contributed by atoms with Crippen LogP contribution in [0.4, 0.5) is 0 Å². The molecule has 2 heteroatoms. The second-order valence-electron chi connectivity index (χ2n) is 6.37. The summed E-state index contributed by atoms with van der Waals surface area (Å²) in [7, 11) is 0. The number of fused-ring (bicyclic) bond motifs is 3. The summed E-state index contributed by atoms with van der Waals surface area (Å²) in [6.45, 7) is 8.51. The van der Waals surface area contributed by atoms with Crippen LogP contribution in [0.3, 0.4) is 0 Å². The predicted octanol–water partition coefficient (Wildman–Crippen LogP) is 3.94. The van der Waals surface area contributed by atoms with Gasteiger partial charge in [-0.05, 0) is 36.8 Å². The van der Waals surface area contributed by atoms with Crippen molar-refractivity contribution < 1.29 is 4.79 Å². The van der Waals surface area contributed by atoms with Gasteiger partial charge in [0.15, 0.2) is 5.78 Å². The Morgan fingerprint density at radius 2 is 1.78 bits per heavy atom. The Morgan fingerprint density at radius 3 is 2.50 bits per heavy atom. The van der Waals surface area contributed by atoms with E-state index in [0.717, 1.165) is 28.6 Å². The monoisotopic (exact) mass is 241 g/mol. The summed E-state index contributed by atoms with van der Waals surface area (Å²) < 4.78 is 0. The van der Waals surface area contributed by atoms with E-state index in [1.807, 2.05) is 0 Å². The molecule has 1 aromatic carbocycles. The summed E-state index contributed by atoms with van der Waals surface area (Å²) in [4.78, 5) is 15.9. The summed E-state index contributed by atoms with van der Waals surface area (Å²) in [6, 6.07) is 4.23. The van der Waals surface area contributed by atoms with E-state index in [9.17, 15) is 4.79 Å². The molecule has 2 nitrogen and oxygen atoms in total.